The van der Waals surface area contributed by atoms with E-state index in [2.05, 4.69) is 5.32 Å². The molecule has 1 fully saturated rings. The molecule has 0 amide bonds. The van der Waals surface area contributed by atoms with Gasteiger partial charge in [0.15, 0.2) is 17.3 Å². The van der Waals surface area contributed by atoms with Crippen LogP contribution in [0.2, 0.25) is 0 Å². The summed E-state index contributed by atoms with van der Waals surface area (Å²) < 4.78 is 16.7. The van der Waals surface area contributed by atoms with Crippen LogP contribution in [0.25, 0.3) is 0 Å². The predicted octanol–water partition coefficient (Wildman–Crippen LogP) is 3.87. The Morgan fingerprint density at radius 3 is 2.50 bits per heavy atom. The van der Waals surface area contributed by atoms with Gasteiger partial charge < -0.3 is 19.5 Å². The minimum absolute atomic E-state index is 0.0218. The zero-order valence-corrected chi connectivity index (χ0v) is 17.3. The van der Waals surface area contributed by atoms with Gasteiger partial charge in [0.2, 0.25) is 6.79 Å². The van der Waals surface area contributed by atoms with Gasteiger partial charge in [-0.1, -0.05) is 6.42 Å². The third-order valence-corrected chi connectivity index (χ3v) is 5.47. The van der Waals surface area contributed by atoms with Crippen LogP contribution in [-0.2, 0) is 9.53 Å². The molecule has 1 aliphatic heterocycles. The van der Waals surface area contributed by atoms with Crippen molar-refractivity contribution in [2.75, 3.05) is 13.3 Å². The van der Waals surface area contributed by atoms with Crippen LogP contribution in [0.1, 0.15) is 70.2 Å². The van der Waals surface area contributed by atoms with Crippen molar-refractivity contribution in [3.8, 4) is 11.5 Å². The van der Waals surface area contributed by atoms with Crippen molar-refractivity contribution in [2.45, 2.75) is 71.4 Å². The van der Waals surface area contributed by atoms with E-state index >= 15 is 0 Å². The van der Waals surface area contributed by atoms with E-state index in [-0.39, 0.29) is 18.5 Å². The summed E-state index contributed by atoms with van der Waals surface area (Å²) >= 11 is 0. The SMILES string of the molecule is CC(NCC1(OC(=O)C(C)(C)C)CCCCC1)C(=O)c1ccc2c(c1)OCO2. The van der Waals surface area contributed by atoms with Crippen molar-refractivity contribution in [2.24, 2.45) is 5.41 Å². The number of fused-ring (bicyclic) bond motifs is 1. The van der Waals surface area contributed by atoms with E-state index in [4.69, 9.17) is 14.2 Å². The van der Waals surface area contributed by atoms with E-state index < -0.39 is 17.1 Å². The van der Waals surface area contributed by atoms with Crippen LogP contribution in [0, 0.1) is 5.41 Å². The summed E-state index contributed by atoms with van der Waals surface area (Å²) in [6, 6.07) is 4.84. The van der Waals surface area contributed by atoms with Crippen molar-refractivity contribution in [3.05, 3.63) is 23.8 Å². The lowest BCUT2D eigenvalue weighted by Gasteiger charge is -2.39. The monoisotopic (exact) mass is 389 g/mol. The molecule has 1 saturated carbocycles. The van der Waals surface area contributed by atoms with Gasteiger partial charge in [-0.2, -0.15) is 0 Å². The van der Waals surface area contributed by atoms with Crippen LogP contribution in [0.4, 0.5) is 0 Å². The molecule has 0 bridgehead atoms. The number of hydrogen-bond donors (Lipinski definition) is 1. The number of ketones is 1. The number of Topliss-reactive ketones (excluding diaryl/α,β-unsaturated/α-hetero) is 1. The molecule has 3 rings (SSSR count). The third kappa shape index (κ3) is 4.66. The average molecular weight is 389 g/mol. The van der Waals surface area contributed by atoms with Gasteiger partial charge in [0.05, 0.1) is 11.5 Å². The lowest BCUT2D eigenvalue weighted by molar-refractivity contribution is -0.172. The number of hydrogen-bond acceptors (Lipinski definition) is 6. The van der Waals surface area contributed by atoms with Crippen LogP contribution in [0.15, 0.2) is 18.2 Å². The number of esters is 1. The molecule has 154 valence electrons. The van der Waals surface area contributed by atoms with Gasteiger partial charge in [-0.3, -0.25) is 9.59 Å². The molecule has 28 heavy (non-hydrogen) atoms. The van der Waals surface area contributed by atoms with Crippen molar-refractivity contribution >= 4 is 11.8 Å². The Bertz CT molecular complexity index is 731. The number of nitrogens with one attached hydrogen (secondary N) is 1. The second kappa shape index (κ2) is 8.11. The first-order valence-electron chi connectivity index (χ1n) is 10.1. The summed E-state index contributed by atoms with van der Waals surface area (Å²) in [6.07, 6.45) is 4.87. The maximum absolute atomic E-state index is 12.8. The molecule has 0 radical (unpaired) electrons. The molecule has 1 heterocycles. The quantitative estimate of drug-likeness (QED) is 0.588. The van der Waals surface area contributed by atoms with Crippen molar-refractivity contribution in [1.29, 1.82) is 0 Å². The standard InChI is InChI=1S/C22H31NO5/c1-15(19(24)16-8-9-17-18(12-16)27-14-26-17)23-13-22(10-6-5-7-11-22)28-20(25)21(2,3)4/h8-9,12,15,23H,5-7,10-11,13-14H2,1-4H3. The van der Waals surface area contributed by atoms with E-state index in [1.54, 1.807) is 18.2 Å². The number of rotatable bonds is 6. The second-order valence-electron chi connectivity index (χ2n) is 8.92. The molecule has 0 saturated heterocycles. The first kappa shape index (κ1) is 20.6. The Morgan fingerprint density at radius 1 is 1.14 bits per heavy atom. The maximum Gasteiger partial charge on any atom is 0.311 e. The second-order valence-corrected chi connectivity index (χ2v) is 8.92. The van der Waals surface area contributed by atoms with E-state index in [1.165, 1.54) is 0 Å². The first-order chi connectivity index (χ1) is 13.2. The van der Waals surface area contributed by atoms with E-state index in [1.807, 2.05) is 27.7 Å². The molecule has 1 aliphatic carbocycles. The number of benzene rings is 1. The molecule has 1 atom stereocenters. The van der Waals surface area contributed by atoms with Gasteiger partial charge in [-0.15, -0.1) is 0 Å². The van der Waals surface area contributed by atoms with Gasteiger partial charge in [-0.05, 0) is 71.6 Å². The van der Waals surface area contributed by atoms with Gasteiger partial charge in [0, 0.05) is 12.1 Å². The molecule has 6 heteroatoms. The highest BCUT2D eigenvalue weighted by Gasteiger charge is 2.39. The summed E-state index contributed by atoms with van der Waals surface area (Å²) in [7, 11) is 0. The molecule has 2 aliphatic rings. The normalized spacial score (nSPS) is 19.1. The minimum atomic E-state index is -0.543. The summed E-state index contributed by atoms with van der Waals surface area (Å²) in [4.78, 5) is 25.3. The minimum Gasteiger partial charge on any atom is -0.457 e. The predicted molar refractivity (Wildman–Crippen MR) is 106 cm³/mol. The Labute approximate surface area is 166 Å². The fourth-order valence-electron chi connectivity index (χ4n) is 3.59. The Hall–Kier alpha value is -2.08. The third-order valence-electron chi connectivity index (χ3n) is 5.47. The van der Waals surface area contributed by atoms with Crippen LogP contribution >= 0.6 is 0 Å². The molecular formula is C22H31NO5. The summed E-state index contributed by atoms with van der Waals surface area (Å²) in [5.74, 6) is 1.05. The summed E-state index contributed by atoms with van der Waals surface area (Å²) in [5, 5.41) is 3.32. The average Bonchev–Trinajstić information content (AvgIpc) is 3.13. The van der Waals surface area contributed by atoms with Crippen LogP contribution in [0.3, 0.4) is 0 Å². The van der Waals surface area contributed by atoms with Crippen LogP contribution in [0.5, 0.6) is 11.5 Å². The highest BCUT2D eigenvalue weighted by Crippen LogP contribution is 2.34. The van der Waals surface area contributed by atoms with Crippen molar-refractivity contribution < 1.29 is 23.8 Å². The van der Waals surface area contributed by atoms with Gasteiger partial charge in [-0.25, -0.2) is 0 Å². The van der Waals surface area contributed by atoms with Gasteiger partial charge >= 0.3 is 5.97 Å². The molecular weight excluding hydrogens is 358 g/mol. The smallest absolute Gasteiger partial charge is 0.311 e. The number of carbonyl (C=O) groups is 2. The fraction of sp³-hybridized carbons (Fsp3) is 0.636. The molecule has 1 aromatic carbocycles. The van der Waals surface area contributed by atoms with Gasteiger partial charge in [0.25, 0.3) is 0 Å². The highest BCUT2D eigenvalue weighted by molar-refractivity contribution is 6.00. The van der Waals surface area contributed by atoms with Gasteiger partial charge in [0.1, 0.15) is 5.60 Å². The fourth-order valence-corrected chi connectivity index (χ4v) is 3.59. The van der Waals surface area contributed by atoms with E-state index in [0.29, 0.717) is 23.6 Å². The largest absolute Gasteiger partial charge is 0.457 e. The molecule has 6 nitrogen and oxygen atoms in total. The summed E-state index contributed by atoms with van der Waals surface area (Å²) in [6.45, 7) is 8.10. The number of ether oxygens (including phenoxy) is 3. The van der Waals surface area contributed by atoms with Crippen molar-refractivity contribution in [3.63, 3.8) is 0 Å². The Balaban J connectivity index is 1.65. The van der Waals surface area contributed by atoms with E-state index in [9.17, 15) is 9.59 Å². The first-order valence-corrected chi connectivity index (χ1v) is 10.1. The molecule has 1 unspecified atom stereocenters. The highest BCUT2D eigenvalue weighted by atomic mass is 16.7. The van der Waals surface area contributed by atoms with Crippen LogP contribution in [-0.4, -0.2) is 36.7 Å². The van der Waals surface area contributed by atoms with Crippen molar-refractivity contribution in [1.82, 2.24) is 5.32 Å². The molecule has 0 aromatic heterocycles. The van der Waals surface area contributed by atoms with Crippen LogP contribution < -0.4 is 14.8 Å². The number of carbonyl (C=O) groups excluding carboxylic acids is 2. The van der Waals surface area contributed by atoms with E-state index in [0.717, 1.165) is 32.1 Å². The molecule has 0 spiro atoms. The topological polar surface area (TPSA) is 73.9 Å². The lowest BCUT2D eigenvalue weighted by Crippen LogP contribution is -2.51. The molecule has 1 N–H and O–H groups in total. The molecule has 1 aromatic rings. The Kier molecular flexibility index (Phi) is 5.98. The zero-order valence-electron chi connectivity index (χ0n) is 17.3. The lowest BCUT2D eigenvalue weighted by atomic mass is 9.83. The maximum atomic E-state index is 12.8. The Morgan fingerprint density at radius 2 is 1.82 bits per heavy atom. The summed E-state index contributed by atoms with van der Waals surface area (Å²) in [5.41, 5.74) is -0.502. The zero-order chi connectivity index (χ0) is 20.4.